The molecule has 124 valence electrons. The first-order valence-corrected chi connectivity index (χ1v) is 8.25. The number of para-hydroxylation sites is 1. The van der Waals surface area contributed by atoms with Crippen LogP contribution in [0.25, 0.3) is 10.9 Å². The molecule has 0 aliphatic heterocycles. The first kappa shape index (κ1) is 16.6. The third-order valence-corrected chi connectivity index (χ3v) is 4.72. The molecule has 1 aliphatic rings. The van der Waals surface area contributed by atoms with E-state index in [0.717, 1.165) is 0 Å². The predicted molar refractivity (Wildman–Crippen MR) is 93.9 cm³/mol. The number of halogens is 1. The number of aromatic nitrogens is 1. The Labute approximate surface area is 147 Å². The van der Waals surface area contributed by atoms with Gasteiger partial charge in [0.15, 0.2) is 5.78 Å². The van der Waals surface area contributed by atoms with Gasteiger partial charge in [0, 0.05) is 11.0 Å². The topological polar surface area (TPSA) is 65.4 Å². The molecule has 2 aromatic rings. The van der Waals surface area contributed by atoms with E-state index in [1.807, 2.05) is 0 Å². The van der Waals surface area contributed by atoms with Crippen LogP contribution in [0.1, 0.15) is 48.5 Å². The lowest BCUT2D eigenvalue weighted by molar-refractivity contribution is 0.0536. The van der Waals surface area contributed by atoms with Gasteiger partial charge in [-0.25, -0.2) is 9.36 Å². The van der Waals surface area contributed by atoms with E-state index in [1.54, 1.807) is 52.0 Å². The minimum Gasteiger partial charge on any atom is -0.443 e. The molecule has 24 heavy (non-hydrogen) atoms. The Bertz CT molecular complexity index is 944. The van der Waals surface area contributed by atoms with Gasteiger partial charge in [-0.1, -0.05) is 18.2 Å². The molecule has 0 saturated heterocycles. The first-order valence-electron chi connectivity index (χ1n) is 7.46. The molecule has 0 atom stereocenters. The fraction of sp³-hybridized carbons (Fsp3) is 0.278. The third-order valence-electron chi connectivity index (χ3n) is 3.76. The highest BCUT2D eigenvalue weighted by atomic mass is 79.9. The average Bonchev–Trinajstić information content (AvgIpc) is 2.84. The summed E-state index contributed by atoms with van der Waals surface area (Å²) in [5.74, 6) is -0.667. The minimum atomic E-state index is -0.722. The SMILES string of the molecule is CC1=C(Br)C(=O)c2c(c3ccccc3n2C(=O)OC(C)(C)C)C1=O. The number of benzene rings is 1. The van der Waals surface area contributed by atoms with Gasteiger partial charge in [0.25, 0.3) is 0 Å². The van der Waals surface area contributed by atoms with Gasteiger partial charge in [-0.2, -0.15) is 0 Å². The second kappa shape index (κ2) is 5.41. The van der Waals surface area contributed by atoms with Crippen molar-refractivity contribution in [1.29, 1.82) is 0 Å². The maximum absolute atomic E-state index is 12.7. The van der Waals surface area contributed by atoms with Crippen molar-refractivity contribution in [3.05, 3.63) is 45.6 Å². The Kier molecular flexibility index (Phi) is 3.75. The largest absolute Gasteiger partial charge is 0.443 e. The number of hydrogen-bond donors (Lipinski definition) is 0. The Hall–Kier alpha value is -2.21. The summed E-state index contributed by atoms with van der Waals surface area (Å²) < 4.78 is 6.80. The zero-order valence-corrected chi connectivity index (χ0v) is 15.4. The Morgan fingerprint density at radius 2 is 1.75 bits per heavy atom. The highest BCUT2D eigenvalue weighted by Crippen LogP contribution is 2.36. The lowest BCUT2D eigenvalue weighted by Gasteiger charge is -2.21. The van der Waals surface area contributed by atoms with Crippen LogP contribution in [0.4, 0.5) is 4.79 Å². The van der Waals surface area contributed by atoms with E-state index < -0.39 is 17.5 Å². The molecular weight excluding hydrogens is 374 g/mol. The zero-order valence-electron chi connectivity index (χ0n) is 13.8. The molecular formula is C18H16BrNO4. The number of allylic oxidation sites excluding steroid dienone is 2. The highest BCUT2D eigenvalue weighted by molar-refractivity contribution is 9.12. The van der Waals surface area contributed by atoms with E-state index in [9.17, 15) is 14.4 Å². The van der Waals surface area contributed by atoms with Gasteiger partial charge in [0.05, 0.1) is 15.6 Å². The van der Waals surface area contributed by atoms with E-state index in [4.69, 9.17) is 4.74 Å². The van der Waals surface area contributed by atoms with Crippen molar-refractivity contribution < 1.29 is 19.1 Å². The van der Waals surface area contributed by atoms with Gasteiger partial charge < -0.3 is 4.74 Å². The number of carbonyl (C=O) groups excluding carboxylic acids is 3. The van der Waals surface area contributed by atoms with Crippen LogP contribution in [0, 0.1) is 0 Å². The van der Waals surface area contributed by atoms with Crippen molar-refractivity contribution in [3.63, 3.8) is 0 Å². The third kappa shape index (κ3) is 2.41. The van der Waals surface area contributed by atoms with Crippen LogP contribution in [0.5, 0.6) is 0 Å². The van der Waals surface area contributed by atoms with Crippen molar-refractivity contribution in [2.24, 2.45) is 0 Å². The van der Waals surface area contributed by atoms with E-state index in [0.29, 0.717) is 16.5 Å². The first-order chi connectivity index (χ1) is 11.1. The second-order valence-corrected chi connectivity index (χ2v) is 7.45. The maximum Gasteiger partial charge on any atom is 0.419 e. The van der Waals surface area contributed by atoms with Crippen molar-refractivity contribution in [2.45, 2.75) is 33.3 Å². The highest BCUT2D eigenvalue weighted by Gasteiger charge is 2.37. The maximum atomic E-state index is 12.7. The van der Waals surface area contributed by atoms with E-state index >= 15 is 0 Å². The van der Waals surface area contributed by atoms with Crippen molar-refractivity contribution in [1.82, 2.24) is 4.57 Å². The van der Waals surface area contributed by atoms with Crippen LogP contribution in [-0.2, 0) is 4.74 Å². The molecule has 0 radical (unpaired) electrons. The lowest BCUT2D eigenvalue weighted by atomic mass is 9.93. The second-order valence-electron chi connectivity index (χ2n) is 6.65. The summed E-state index contributed by atoms with van der Waals surface area (Å²) in [6.45, 7) is 6.83. The number of Topliss-reactive ketones (excluding diaryl/α,β-unsaturated/α-hetero) is 2. The molecule has 5 nitrogen and oxygen atoms in total. The minimum absolute atomic E-state index is 0.0490. The van der Waals surface area contributed by atoms with Gasteiger partial charge >= 0.3 is 6.09 Å². The summed E-state index contributed by atoms with van der Waals surface area (Å²) in [6.07, 6.45) is -0.680. The predicted octanol–water partition coefficient (Wildman–Crippen LogP) is 4.47. The summed E-state index contributed by atoms with van der Waals surface area (Å²) in [6, 6.07) is 6.94. The van der Waals surface area contributed by atoms with Crippen molar-refractivity contribution in [3.8, 4) is 0 Å². The van der Waals surface area contributed by atoms with Gasteiger partial charge in [0.1, 0.15) is 11.3 Å². The molecule has 1 heterocycles. The average molecular weight is 390 g/mol. The lowest BCUT2D eigenvalue weighted by Crippen LogP contribution is -2.30. The molecule has 1 aromatic heterocycles. The number of carbonyl (C=O) groups is 3. The number of ketones is 2. The van der Waals surface area contributed by atoms with E-state index in [-0.39, 0.29) is 21.5 Å². The normalized spacial score (nSPS) is 15.0. The van der Waals surface area contributed by atoms with Crippen LogP contribution >= 0.6 is 15.9 Å². The molecule has 0 spiro atoms. The molecule has 0 bridgehead atoms. The summed E-state index contributed by atoms with van der Waals surface area (Å²) in [7, 11) is 0. The fourth-order valence-corrected chi connectivity index (χ4v) is 3.11. The number of hydrogen-bond acceptors (Lipinski definition) is 4. The zero-order chi connectivity index (χ0) is 17.8. The number of nitrogens with zero attached hydrogens (tertiary/aromatic N) is 1. The Morgan fingerprint density at radius 1 is 1.12 bits per heavy atom. The Balaban J connectivity index is 2.36. The molecule has 0 saturated carbocycles. The van der Waals surface area contributed by atoms with Crippen molar-refractivity contribution in [2.75, 3.05) is 0 Å². The standard InChI is InChI=1S/C18H16BrNO4/c1-9-13(19)16(22)14-12(15(9)21)10-7-5-6-8-11(10)20(14)17(23)24-18(2,3)4/h5-8H,1-4H3. The van der Waals surface area contributed by atoms with E-state index in [2.05, 4.69) is 15.9 Å². The molecule has 6 heteroatoms. The summed E-state index contributed by atoms with van der Waals surface area (Å²) in [5, 5.41) is 0.566. The van der Waals surface area contributed by atoms with Crippen molar-refractivity contribution >= 4 is 44.5 Å². The molecule has 0 N–H and O–H groups in total. The van der Waals surface area contributed by atoms with Gasteiger partial charge in [-0.3, -0.25) is 9.59 Å². The summed E-state index contributed by atoms with van der Waals surface area (Å²) in [4.78, 5) is 38.1. The number of rotatable bonds is 0. The fourth-order valence-electron chi connectivity index (χ4n) is 2.74. The molecule has 0 unspecified atom stereocenters. The number of ether oxygens (including phenoxy) is 1. The molecule has 1 aromatic carbocycles. The van der Waals surface area contributed by atoms with Crippen LogP contribution in [-0.4, -0.2) is 27.8 Å². The molecule has 3 rings (SSSR count). The van der Waals surface area contributed by atoms with Crippen LogP contribution in [0.15, 0.2) is 34.3 Å². The van der Waals surface area contributed by atoms with Gasteiger partial charge in [0.2, 0.25) is 5.78 Å². The smallest absolute Gasteiger partial charge is 0.419 e. The molecule has 0 fully saturated rings. The quantitative estimate of drug-likeness (QED) is 0.666. The van der Waals surface area contributed by atoms with Gasteiger partial charge in [-0.15, -0.1) is 0 Å². The molecule has 1 aliphatic carbocycles. The van der Waals surface area contributed by atoms with Crippen LogP contribution in [0.2, 0.25) is 0 Å². The number of fused-ring (bicyclic) bond motifs is 3. The van der Waals surface area contributed by atoms with Gasteiger partial charge in [-0.05, 0) is 49.7 Å². The van der Waals surface area contributed by atoms with Crippen LogP contribution in [0.3, 0.4) is 0 Å². The van der Waals surface area contributed by atoms with Crippen LogP contribution < -0.4 is 0 Å². The van der Waals surface area contributed by atoms with E-state index in [1.165, 1.54) is 4.57 Å². The monoisotopic (exact) mass is 389 g/mol. The summed E-state index contributed by atoms with van der Waals surface area (Å²) >= 11 is 3.18. The Morgan fingerprint density at radius 3 is 2.38 bits per heavy atom. The molecule has 0 amide bonds. The summed E-state index contributed by atoms with van der Waals surface area (Å²) in [5.41, 5.74) is 0.392.